The Kier molecular flexibility index (Phi) is 4.70. The molecule has 0 saturated heterocycles. The van der Waals surface area contributed by atoms with Crippen molar-refractivity contribution in [3.05, 3.63) is 46.5 Å². The Bertz CT molecular complexity index is 589. The zero-order valence-electron chi connectivity index (χ0n) is 12.1. The molecule has 2 N–H and O–H groups in total. The van der Waals surface area contributed by atoms with E-state index in [0.29, 0.717) is 6.04 Å². The Labute approximate surface area is 133 Å². The quantitative estimate of drug-likeness (QED) is 0.914. The number of halogens is 1. The largest absolute Gasteiger partial charge is 0.322 e. The molecular weight excluding hydrogens is 328 g/mol. The van der Waals surface area contributed by atoms with Gasteiger partial charge in [-0.3, -0.25) is 9.67 Å². The van der Waals surface area contributed by atoms with Crippen LogP contribution in [0.15, 0.2) is 35.1 Å². The summed E-state index contributed by atoms with van der Waals surface area (Å²) in [6.07, 6.45) is 11.1. The monoisotopic (exact) mass is 348 g/mol. The van der Waals surface area contributed by atoms with Gasteiger partial charge in [-0.05, 0) is 47.0 Å². The molecule has 112 valence electrons. The van der Waals surface area contributed by atoms with Gasteiger partial charge in [0, 0.05) is 23.3 Å². The van der Waals surface area contributed by atoms with Gasteiger partial charge in [0.1, 0.15) is 0 Å². The van der Waals surface area contributed by atoms with Gasteiger partial charge in [-0.1, -0.05) is 19.3 Å². The number of aromatic nitrogens is 3. The van der Waals surface area contributed by atoms with Crippen molar-refractivity contribution in [2.75, 3.05) is 0 Å². The number of rotatable bonds is 4. The van der Waals surface area contributed by atoms with Crippen LogP contribution >= 0.6 is 15.9 Å². The lowest BCUT2D eigenvalue weighted by Gasteiger charge is -2.21. The molecule has 21 heavy (non-hydrogen) atoms. The van der Waals surface area contributed by atoms with Gasteiger partial charge in [0.15, 0.2) is 0 Å². The molecule has 0 radical (unpaired) electrons. The van der Waals surface area contributed by atoms with E-state index in [9.17, 15) is 0 Å². The molecule has 5 heteroatoms. The van der Waals surface area contributed by atoms with Crippen LogP contribution in [0.4, 0.5) is 0 Å². The number of hydrogen-bond acceptors (Lipinski definition) is 3. The van der Waals surface area contributed by atoms with Gasteiger partial charge in [-0.25, -0.2) is 0 Å². The van der Waals surface area contributed by atoms with Gasteiger partial charge < -0.3 is 5.73 Å². The summed E-state index contributed by atoms with van der Waals surface area (Å²) < 4.78 is 3.10. The summed E-state index contributed by atoms with van der Waals surface area (Å²) in [4.78, 5) is 4.36. The molecule has 0 bridgehead atoms. The Morgan fingerprint density at radius 2 is 2.10 bits per heavy atom. The van der Waals surface area contributed by atoms with E-state index in [0.717, 1.165) is 22.3 Å². The third-order valence-corrected chi connectivity index (χ3v) is 4.85. The molecule has 2 heterocycles. The number of nitrogens with two attached hydrogens (primary N) is 1. The molecule has 0 amide bonds. The molecular formula is C16H21BrN4. The van der Waals surface area contributed by atoms with E-state index < -0.39 is 0 Å². The fraction of sp³-hybridized carbons (Fsp3) is 0.500. The highest BCUT2D eigenvalue weighted by Gasteiger charge is 2.18. The molecule has 2 aromatic heterocycles. The summed E-state index contributed by atoms with van der Waals surface area (Å²) >= 11 is 3.51. The Hall–Kier alpha value is -1.20. The van der Waals surface area contributed by atoms with Gasteiger partial charge in [-0.2, -0.15) is 5.10 Å². The van der Waals surface area contributed by atoms with Crippen molar-refractivity contribution < 1.29 is 0 Å². The lowest BCUT2D eigenvalue weighted by atomic mass is 9.96. The highest BCUT2D eigenvalue weighted by Crippen LogP contribution is 2.28. The first kappa shape index (κ1) is 14.7. The average molecular weight is 349 g/mol. The van der Waals surface area contributed by atoms with Crippen LogP contribution in [0.1, 0.15) is 55.6 Å². The van der Waals surface area contributed by atoms with Crippen molar-refractivity contribution in [2.45, 2.75) is 50.6 Å². The van der Waals surface area contributed by atoms with Crippen molar-refractivity contribution in [1.82, 2.24) is 14.8 Å². The Morgan fingerprint density at radius 3 is 2.86 bits per heavy atom. The van der Waals surface area contributed by atoms with E-state index in [2.05, 4.69) is 37.9 Å². The Morgan fingerprint density at radius 1 is 1.29 bits per heavy atom. The molecule has 0 aliphatic heterocycles. The van der Waals surface area contributed by atoms with Crippen LogP contribution in [0.2, 0.25) is 0 Å². The molecule has 1 unspecified atom stereocenters. The summed E-state index contributed by atoms with van der Waals surface area (Å²) in [7, 11) is 0. The molecule has 1 atom stereocenters. The molecule has 1 saturated carbocycles. The van der Waals surface area contributed by atoms with Crippen molar-refractivity contribution >= 4 is 15.9 Å². The summed E-state index contributed by atoms with van der Waals surface area (Å²) in [5.41, 5.74) is 8.21. The topological polar surface area (TPSA) is 56.7 Å². The molecule has 2 aromatic rings. The number of nitrogens with zero attached hydrogens (tertiary/aromatic N) is 3. The number of pyridine rings is 1. The summed E-state index contributed by atoms with van der Waals surface area (Å²) in [6, 6.07) is 6.41. The van der Waals surface area contributed by atoms with E-state index in [-0.39, 0.29) is 6.04 Å². The minimum atomic E-state index is -0.129. The summed E-state index contributed by atoms with van der Waals surface area (Å²) in [6.45, 7) is 0. The van der Waals surface area contributed by atoms with E-state index in [4.69, 9.17) is 10.8 Å². The predicted molar refractivity (Wildman–Crippen MR) is 86.9 cm³/mol. The Balaban J connectivity index is 1.68. The van der Waals surface area contributed by atoms with Gasteiger partial charge in [0.05, 0.1) is 23.5 Å². The first-order chi connectivity index (χ1) is 10.2. The zero-order chi connectivity index (χ0) is 14.7. The second-order valence-corrected chi connectivity index (χ2v) is 6.61. The van der Waals surface area contributed by atoms with Crippen molar-refractivity contribution in [1.29, 1.82) is 0 Å². The van der Waals surface area contributed by atoms with E-state index >= 15 is 0 Å². The normalized spacial score (nSPS) is 17.8. The fourth-order valence-electron chi connectivity index (χ4n) is 3.03. The third-order valence-electron chi connectivity index (χ3n) is 4.18. The van der Waals surface area contributed by atoms with Gasteiger partial charge in [-0.15, -0.1) is 0 Å². The van der Waals surface area contributed by atoms with Crippen LogP contribution in [0.25, 0.3) is 0 Å². The molecule has 3 rings (SSSR count). The maximum atomic E-state index is 6.27. The van der Waals surface area contributed by atoms with Crippen LogP contribution in [0.3, 0.4) is 0 Å². The predicted octanol–water partition coefficient (Wildman–Crippen LogP) is 3.79. The lowest BCUT2D eigenvalue weighted by molar-refractivity contribution is 0.328. The fourth-order valence-corrected chi connectivity index (χ4v) is 3.58. The first-order valence-electron chi connectivity index (χ1n) is 7.64. The van der Waals surface area contributed by atoms with Gasteiger partial charge >= 0.3 is 0 Å². The third kappa shape index (κ3) is 3.52. The lowest BCUT2D eigenvalue weighted by Crippen LogP contribution is -2.17. The highest BCUT2D eigenvalue weighted by molar-refractivity contribution is 9.10. The van der Waals surface area contributed by atoms with E-state index in [1.54, 1.807) is 6.20 Å². The molecule has 1 aliphatic rings. The summed E-state index contributed by atoms with van der Waals surface area (Å²) in [5, 5.41) is 4.72. The highest BCUT2D eigenvalue weighted by atomic mass is 79.9. The van der Waals surface area contributed by atoms with Crippen LogP contribution < -0.4 is 5.73 Å². The maximum Gasteiger partial charge on any atom is 0.0716 e. The standard InChI is InChI=1S/C16H21BrN4/c17-14-7-4-9-19-16(14)15(18)11-12-8-10-21(20-12)13-5-2-1-3-6-13/h4,7-10,13,15H,1-3,5-6,11,18H2. The minimum Gasteiger partial charge on any atom is -0.322 e. The second kappa shape index (κ2) is 6.71. The van der Waals surface area contributed by atoms with Crippen molar-refractivity contribution in [2.24, 2.45) is 5.73 Å². The molecule has 1 aliphatic carbocycles. The zero-order valence-corrected chi connectivity index (χ0v) is 13.7. The molecule has 0 spiro atoms. The van der Waals surface area contributed by atoms with Crippen LogP contribution in [-0.4, -0.2) is 14.8 Å². The maximum absolute atomic E-state index is 6.27. The minimum absolute atomic E-state index is 0.129. The second-order valence-electron chi connectivity index (χ2n) is 5.76. The van der Waals surface area contributed by atoms with Gasteiger partial charge in [0.25, 0.3) is 0 Å². The number of hydrogen-bond donors (Lipinski definition) is 1. The molecule has 1 fully saturated rings. The summed E-state index contributed by atoms with van der Waals surface area (Å²) in [5.74, 6) is 0. The van der Waals surface area contributed by atoms with E-state index in [1.807, 2.05) is 12.1 Å². The van der Waals surface area contributed by atoms with Crippen molar-refractivity contribution in [3.8, 4) is 0 Å². The van der Waals surface area contributed by atoms with Crippen LogP contribution in [0, 0.1) is 0 Å². The van der Waals surface area contributed by atoms with Crippen molar-refractivity contribution in [3.63, 3.8) is 0 Å². The molecule has 4 nitrogen and oxygen atoms in total. The van der Waals surface area contributed by atoms with Gasteiger partial charge in [0.2, 0.25) is 0 Å². The van der Waals surface area contributed by atoms with Crippen LogP contribution in [-0.2, 0) is 6.42 Å². The average Bonchev–Trinajstić information content (AvgIpc) is 2.97. The van der Waals surface area contributed by atoms with Crippen LogP contribution in [0.5, 0.6) is 0 Å². The smallest absolute Gasteiger partial charge is 0.0716 e. The SMILES string of the molecule is NC(Cc1ccn(C2CCCCC2)n1)c1ncccc1Br. The first-order valence-corrected chi connectivity index (χ1v) is 8.43. The van der Waals surface area contributed by atoms with E-state index in [1.165, 1.54) is 32.1 Å². The molecule has 0 aromatic carbocycles.